The molecule has 0 aromatic heterocycles. The highest BCUT2D eigenvalue weighted by molar-refractivity contribution is 5.63. The summed E-state index contributed by atoms with van der Waals surface area (Å²) >= 11 is 0. The molecular formula is C26H29N. The molecule has 1 aromatic rings. The van der Waals surface area contributed by atoms with Gasteiger partial charge in [0.15, 0.2) is 0 Å². The Hall–Kier alpha value is -2.04. The smallest absolute Gasteiger partial charge is 0.0697 e. The lowest BCUT2D eigenvalue weighted by Crippen LogP contribution is -2.52. The van der Waals surface area contributed by atoms with Crippen LogP contribution in [0, 0.1) is 18.3 Å². The van der Waals surface area contributed by atoms with Gasteiger partial charge >= 0.3 is 0 Å². The highest BCUT2D eigenvalue weighted by Crippen LogP contribution is 2.71. The van der Waals surface area contributed by atoms with Crippen molar-refractivity contribution in [2.24, 2.45) is 5.92 Å². The van der Waals surface area contributed by atoms with Gasteiger partial charge in [0, 0.05) is 17.4 Å². The molecule has 1 nitrogen and oxygen atoms in total. The second-order valence-electron chi connectivity index (χ2n) is 8.86. The standard InChI is InChI=1S/C26H29N/c1-4-7-17-26-22-15-11-10-14-21(22)25(6-3,27-26)20-13-9-8-12-19(20)24(16-5-2)18-23(24)26/h2,4,8-10,12-14,23,27H,1,6-7,11,15-18H2,3H3. The highest BCUT2D eigenvalue weighted by Gasteiger charge is 2.71. The zero-order valence-corrected chi connectivity index (χ0v) is 16.4. The number of benzene rings is 1. The number of nitrogens with one attached hydrogen (secondary N) is 1. The molecule has 1 aliphatic heterocycles. The van der Waals surface area contributed by atoms with Crippen molar-refractivity contribution in [1.29, 1.82) is 0 Å². The van der Waals surface area contributed by atoms with Crippen molar-refractivity contribution in [1.82, 2.24) is 5.32 Å². The van der Waals surface area contributed by atoms with Crippen LogP contribution in [0.15, 0.2) is 60.2 Å². The van der Waals surface area contributed by atoms with Crippen LogP contribution in [0.25, 0.3) is 0 Å². The Morgan fingerprint density at radius 3 is 2.89 bits per heavy atom. The molecule has 2 bridgehead atoms. The van der Waals surface area contributed by atoms with Gasteiger partial charge in [-0.05, 0) is 66.7 Å². The van der Waals surface area contributed by atoms with E-state index in [1.165, 1.54) is 24.0 Å². The second kappa shape index (κ2) is 5.73. The lowest BCUT2D eigenvalue weighted by Gasteiger charge is -2.38. The van der Waals surface area contributed by atoms with Gasteiger partial charge in [0.2, 0.25) is 0 Å². The molecule has 1 N–H and O–H groups in total. The Labute approximate surface area is 163 Å². The summed E-state index contributed by atoms with van der Waals surface area (Å²) in [5.74, 6) is 3.64. The summed E-state index contributed by atoms with van der Waals surface area (Å²) in [7, 11) is 0. The molecule has 0 spiro atoms. The lowest BCUT2D eigenvalue weighted by atomic mass is 9.69. The Morgan fingerprint density at radius 2 is 2.15 bits per heavy atom. The fraction of sp³-hybridized carbons (Fsp3) is 0.462. The summed E-state index contributed by atoms with van der Waals surface area (Å²) in [6, 6.07) is 9.14. The quantitative estimate of drug-likeness (QED) is 0.540. The summed E-state index contributed by atoms with van der Waals surface area (Å²) in [6.07, 6.45) is 20.5. The van der Waals surface area contributed by atoms with Crippen molar-refractivity contribution in [2.75, 3.05) is 0 Å². The maximum atomic E-state index is 5.91. The normalized spacial score (nSPS) is 37.7. The Balaban J connectivity index is 1.82. The molecule has 27 heavy (non-hydrogen) atoms. The summed E-state index contributed by atoms with van der Waals surface area (Å²) in [6.45, 7) is 6.37. The Bertz CT molecular complexity index is 912. The molecule has 4 aliphatic rings. The van der Waals surface area contributed by atoms with E-state index in [-0.39, 0.29) is 16.5 Å². The minimum atomic E-state index is -0.0704. The molecule has 138 valence electrons. The first-order valence-electron chi connectivity index (χ1n) is 10.5. The molecule has 1 fully saturated rings. The molecule has 1 aromatic carbocycles. The number of rotatable bonds is 5. The van der Waals surface area contributed by atoms with Gasteiger partial charge < -0.3 is 0 Å². The molecule has 1 saturated carbocycles. The van der Waals surface area contributed by atoms with Gasteiger partial charge in [0.05, 0.1) is 5.54 Å². The minimum Gasteiger partial charge on any atom is -0.294 e. The van der Waals surface area contributed by atoms with Gasteiger partial charge in [0.1, 0.15) is 0 Å². The van der Waals surface area contributed by atoms with Crippen molar-refractivity contribution in [3.8, 4) is 12.3 Å². The van der Waals surface area contributed by atoms with E-state index < -0.39 is 0 Å². The van der Waals surface area contributed by atoms with Crippen LogP contribution in [-0.4, -0.2) is 5.54 Å². The number of fused-ring (bicyclic) bond motifs is 5. The summed E-state index contributed by atoms with van der Waals surface area (Å²) < 4.78 is 0. The highest BCUT2D eigenvalue weighted by atomic mass is 15.1. The van der Waals surface area contributed by atoms with Crippen LogP contribution in [0.1, 0.15) is 63.0 Å². The third-order valence-electron chi connectivity index (χ3n) is 7.89. The molecule has 0 radical (unpaired) electrons. The molecule has 0 saturated heterocycles. The van der Waals surface area contributed by atoms with Gasteiger partial charge in [-0.15, -0.1) is 18.9 Å². The van der Waals surface area contributed by atoms with Gasteiger partial charge in [0.25, 0.3) is 0 Å². The van der Waals surface area contributed by atoms with Crippen molar-refractivity contribution in [2.45, 2.75) is 68.4 Å². The van der Waals surface area contributed by atoms with E-state index in [0.717, 1.165) is 32.1 Å². The lowest BCUT2D eigenvalue weighted by molar-refractivity contribution is 0.253. The molecular weight excluding hydrogens is 326 g/mol. The van der Waals surface area contributed by atoms with E-state index in [9.17, 15) is 0 Å². The largest absolute Gasteiger partial charge is 0.294 e. The fourth-order valence-electron chi connectivity index (χ4n) is 6.76. The Morgan fingerprint density at radius 1 is 1.33 bits per heavy atom. The zero-order valence-electron chi connectivity index (χ0n) is 16.4. The predicted molar refractivity (Wildman–Crippen MR) is 112 cm³/mol. The van der Waals surface area contributed by atoms with Gasteiger partial charge in [-0.2, -0.15) is 0 Å². The van der Waals surface area contributed by atoms with E-state index in [1.807, 2.05) is 0 Å². The van der Waals surface area contributed by atoms with Gasteiger partial charge in [-0.1, -0.05) is 49.4 Å². The topological polar surface area (TPSA) is 12.0 Å². The van der Waals surface area contributed by atoms with Crippen LogP contribution >= 0.6 is 0 Å². The van der Waals surface area contributed by atoms with E-state index in [2.05, 4.69) is 67.2 Å². The number of terminal acetylenes is 1. The van der Waals surface area contributed by atoms with E-state index in [4.69, 9.17) is 6.42 Å². The Kier molecular flexibility index (Phi) is 3.62. The number of hydrogen-bond acceptors (Lipinski definition) is 1. The van der Waals surface area contributed by atoms with Gasteiger partial charge in [-0.3, -0.25) is 5.32 Å². The second-order valence-corrected chi connectivity index (χ2v) is 8.86. The fourth-order valence-corrected chi connectivity index (χ4v) is 6.76. The molecule has 5 rings (SSSR count). The first-order valence-corrected chi connectivity index (χ1v) is 10.5. The van der Waals surface area contributed by atoms with Crippen LogP contribution in [0.4, 0.5) is 0 Å². The average Bonchev–Trinajstić information content (AvgIpc) is 3.38. The van der Waals surface area contributed by atoms with Crippen molar-refractivity contribution < 1.29 is 0 Å². The predicted octanol–water partition coefficient (Wildman–Crippen LogP) is 5.54. The van der Waals surface area contributed by atoms with Crippen LogP contribution in [0.2, 0.25) is 0 Å². The maximum absolute atomic E-state index is 5.91. The third-order valence-corrected chi connectivity index (χ3v) is 7.89. The van der Waals surface area contributed by atoms with E-state index in [0.29, 0.717) is 5.92 Å². The van der Waals surface area contributed by atoms with Crippen LogP contribution in [0.3, 0.4) is 0 Å². The monoisotopic (exact) mass is 355 g/mol. The van der Waals surface area contributed by atoms with Crippen LogP contribution in [0.5, 0.6) is 0 Å². The minimum absolute atomic E-state index is 0.0696. The maximum Gasteiger partial charge on any atom is 0.0697 e. The molecule has 3 aliphatic carbocycles. The van der Waals surface area contributed by atoms with E-state index in [1.54, 1.807) is 11.1 Å². The molecule has 1 heteroatoms. The summed E-state index contributed by atoms with van der Waals surface area (Å²) in [5, 5.41) is 4.30. The first kappa shape index (κ1) is 17.1. The van der Waals surface area contributed by atoms with Gasteiger partial charge in [-0.25, -0.2) is 0 Å². The molecule has 1 heterocycles. The SMILES string of the molecule is C#CCC12CC1C1(CCC=C)NC(CC)(C3=C1CCC=C3)c1ccccc12. The molecule has 4 unspecified atom stereocenters. The average molecular weight is 356 g/mol. The van der Waals surface area contributed by atoms with E-state index >= 15 is 0 Å². The summed E-state index contributed by atoms with van der Waals surface area (Å²) in [5.41, 5.74) is 6.35. The van der Waals surface area contributed by atoms with Crippen LogP contribution < -0.4 is 5.32 Å². The first-order chi connectivity index (χ1) is 13.2. The van der Waals surface area contributed by atoms with Crippen molar-refractivity contribution >= 4 is 0 Å². The number of allylic oxidation sites excluding steroid dienone is 2. The van der Waals surface area contributed by atoms with Crippen molar-refractivity contribution in [3.63, 3.8) is 0 Å². The zero-order chi connectivity index (χ0) is 18.7. The van der Waals surface area contributed by atoms with Crippen molar-refractivity contribution in [3.05, 3.63) is 71.3 Å². The molecule has 0 amide bonds. The van der Waals surface area contributed by atoms with Crippen LogP contribution in [-0.2, 0) is 11.0 Å². The summed E-state index contributed by atoms with van der Waals surface area (Å²) in [4.78, 5) is 0. The molecule has 4 atom stereocenters. The third kappa shape index (κ3) is 1.95. The number of hydrogen-bond donors (Lipinski definition) is 1.